The van der Waals surface area contributed by atoms with Crippen molar-refractivity contribution in [2.45, 2.75) is 6.54 Å². The zero-order valence-electron chi connectivity index (χ0n) is 16.2. The fourth-order valence-corrected chi connectivity index (χ4v) is 3.74. The third-order valence-corrected chi connectivity index (χ3v) is 5.33. The molecular formula is C22H24N4O3. The van der Waals surface area contributed by atoms with Gasteiger partial charge in [0, 0.05) is 44.8 Å². The molecule has 7 nitrogen and oxygen atoms in total. The molecule has 0 bridgehead atoms. The van der Waals surface area contributed by atoms with Crippen molar-refractivity contribution in [1.82, 2.24) is 20.4 Å². The number of nitrogens with one attached hydrogen (secondary N) is 2. The molecule has 2 heterocycles. The third kappa shape index (κ3) is 4.21. The highest BCUT2D eigenvalue weighted by Gasteiger charge is 2.34. The Bertz CT molecular complexity index is 902. The van der Waals surface area contributed by atoms with E-state index >= 15 is 0 Å². The Labute approximate surface area is 169 Å². The van der Waals surface area contributed by atoms with Crippen LogP contribution in [-0.4, -0.2) is 66.8 Å². The first kappa shape index (κ1) is 19.3. The molecule has 1 saturated heterocycles. The molecule has 2 N–H and O–H groups in total. The summed E-state index contributed by atoms with van der Waals surface area (Å²) in [5.74, 6) is -0.739. The molecule has 3 amide bonds. The topological polar surface area (TPSA) is 81.8 Å². The fourth-order valence-electron chi connectivity index (χ4n) is 3.74. The minimum absolute atomic E-state index is 0.147. The Kier molecular flexibility index (Phi) is 5.69. The minimum Gasteiger partial charge on any atom is -0.351 e. The van der Waals surface area contributed by atoms with Gasteiger partial charge in [-0.15, -0.1) is 0 Å². The largest absolute Gasteiger partial charge is 0.351 e. The summed E-state index contributed by atoms with van der Waals surface area (Å²) in [4.78, 5) is 41.1. The Hall–Kier alpha value is -3.03. The molecule has 2 aliphatic heterocycles. The number of amides is 3. The summed E-state index contributed by atoms with van der Waals surface area (Å²) in [6.07, 6.45) is 0. The standard InChI is InChI=1S/C22H24N4O3/c27-20(24-10-13-25-11-8-23-9-12-25)17-5-3-4-16(14-17)15-26-21(28)18-6-1-2-7-19(18)22(26)29/h1-7,14,23H,8-13,15H2,(H,24,27). The first-order valence-electron chi connectivity index (χ1n) is 9.89. The predicted octanol–water partition coefficient (Wildman–Crippen LogP) is 1.12. The third-order valence-electron chi connectivity index (χ3n) is 5.33. The highest BCUT2D eigenvalue weighted by atomic mass is 16.2. The molecule has 0 aliphatic carbocycles. The van der Waals surface area contributed by atoms with E-state index in [0.717, 1.165) is 38.3 Å². The Morgan fingerprint density at radius 2 is 1.66 bits per heavy atom. The van der Waals surface area contributed by atoms with Crippen molar-refractivity contribution in [3.8, 4) is 0 Å². The first-order valence-corrected chi connectivity index (χ1v) is 9.89. The van der Waals surface area contributed by atoms with E-state index in [0.29, 0.717) is 23.2 Å². The Morgan fingerprint density at radius 1 is 0.966 bits per heavy atom. The lowest BCUT2D eigenvalue weighted by Crippen LogP contribution is -2.46. The van der Waals surface area contributed by atoms with Gasteiger partial charge >= 0.3 is 0 Å². The van der Waals surface area contributed by atoms with Gasteiger partial charge in [-0.25, -0.2) is 0 Å². The van der Waals surface area contributed by atoms with Crippen molar-refractivity contribution in [3.05, 3.63) is 70.8 Å². The predicted molar refractivity (Wildman–Crippen MR) is 109 cm³/mol. The van der Waals surface area contributed by atoms with E-state index in [4.69, 9.17) is 0 Å². The number of hydrogen-bond donors (Lipinski definition) is 2. The van der Waals surface area contributed by atoms with Crippen LogP contribution in [0.4, 0.5) is 0 Å². The molecule has 0 aromatic heterocycles. The Balaban J connectivity index is 1.37. The second-order valence-electron chi connectivity index (χ2n) is 7.29. The summed E-state index contributed by atoms with van der Waals surface area (Å²) in [5, 5.41) is 6.26. The molecule has 2 aromatic rings. The number of carbonyl (C=O) groups is 3. The lowest BCUT2D eigenvalue weighted by molar-refractivity contribution is 0.0642. The van der Waals surface area contributed by atoms with Crippen LogP contribution in [0.5, 0.6) is 0 Å². The second kappa shape index (κ2) is 8.55. The van der Waals surface area contributed by atoms with Crippen LogP contribution in [0.1, 0.15) is 36.6 Å². The number of nitrogens with zero attached hydrogens (tertiary/aromatic N) is 2. The number of imide groups is 1. The van der Waals surface area contributed by atoms with Crippen molar-refractivity contribution in [2.24, 2.45) is 0 Å². The molecule has 4 rings (SSSR count). The average molecular weight is 392 g/mol. The number of rotatable bonds is 6. The van der Waals surface area contributed by atoms with E-state index in [1.54, 1.807) is 42.5 Å². The molecule has 7 heteroatoms. The molecule has 0 spiro atoms. The van der Waals surface area contributed by atoms with Gasteiger partial charge in [0.15, 0.2) is 0 Å². The number of benzene rings is 2. The van der Waals surface area contributed by atoms with Gasteiger partial charge in [0.25, 0.3) is 17.7 Å². The van der Waals surface area contributed by atoms with Gasteiger partial charge < -0.3 is 10.6 Å². The zero-order valence-corrected chi connectivity index (χ0v) is 16.2. The molecule has 0 unspecified atom stereocenters. The summed E-state index contributed by atoms with van der Waals surface area (Å²) < 4.78 is 0. The van der Waals surface area contributed by atoms with Gasteiger partial charge in [0.1, 0.15) is 0 Å². The van der Waals surface area contributed by atoms with Crippen LogP contribution in [0, 0.1) is 0 Å². The maximum absolute atomic E-state index is 12.5. The normalized spacial score (nSPS) is 16.8. The lowest BCUT2D eigenvalue weighted by Gasteiger charge is -2.27. The highest BCUT2D eigenvalue weighted by molar-refractivity contribution is 6.21. The van der Waals surface area contributed by atoms with Crippen molar-refractivity contribution in [1.29, 1.82) is 0 Å². The van der Waals surface area contributed by atoms with Crippen molar-refractivity contribution < 1.29 is 14.4 Å². The van der Waals surface area contributed by atoms with E-state index in [1.165, 1.54) is 4.90 Å². The van der Waals surface area contributed by atoms with Crippen molar-refractivity contribution >= 4 is 17.7 Å². The van der Waals surface area contributed by atoms with Crippen LogP contribution in [0.15, 0.2) is 48.5 Å². The average Bonchev–Trinajstić information content (AvgIpc) is 3.00. The molecule has 2 aliphatic rings. The van der Waals surface area contributed by atoms with Crippen LogP contribution in [0.25, 0.3) is 0 Å². The smallest absolute Gasteiger partial charge is 0.261 e. The second-order valence-corrected chi connectivity index (χ2v) is 7.29. The van der Waals surface area contributed by atoms with Gasteiger partial charge in [-0.05, 0) is 29.8 Å². The van der Waals surface area contributed by atoms with Gasteiger partial charge in [0.05, 0.1) is 17.7 Å². The summed E-state index contributed by atoms with van der Waals surface area (Å²) in [6, 6.07) is 13.9. The van der Waals surface area contributed by atoms with E-state index in [2.05, 4.69) is 15.5 Å². The number of fused-ring (bicyclic) bond motifs is 1. The number of carbonyl (C=O) groups excluding carboxylic acids is 3. The summed E-state index contributed by atoms with van der Waals surface area (Å²) in [7, 11) is 0. The molecule has 1 fully saturated rings. The summed E-state index contributed by atoms with van der Waals surface area (Å²) >= 11 is 0. The Morgan fingerprint density at radius 3 is 2.34 bits per heavy atom. The fraction of sp³-hybridized carbons (Fsp3) is 0.318. The molecule has 0 atom stereocenters. The van der Waals surface area contributed by atoms with Crippen LogP contribution in [0.3, 0.4) is 0 Å². The molecule has 29 heavy (non-hydrogen) atoms. The molecule has 2 aromatic carbocycles. The van der Waals surface area contributed by atoms with Crippen LogP contribution in [-0.2, 0) is 6.54 Å². The maximum Gasteiger partial charge on any atom is 0.261 e. The van der Waals surface area contributed by atoms with Crippen molar-refractivity contribution in [2.75, 3.05) is 39.3 Å². The minimum atomic E-state index is -0.295. The molecule has 0 saturated carbocycles. The molecule has 0 radical (unpaired) electrons. The van der Waals surface area contributed by atoms with Crippen LogP contribution < -0.4 is 10.6 Å². The van der Waals surface area contributed by atoms with Crippen LogP contribution in [0.2, 0.25) is 0 Å². The SMILES string of the molecule is O=C(NCCN1CCNCC1)c1cccc(CN2C(=O)c3ccccc3C2=O)c1. The van der Waals surface area contributed by atoms with E-state index in [1.807, 2.05) is 6.07 Å². The van der Waals surface area contributed by atoms with Gasteiger partial charge in [-0.3, -0.25) is 24.2 Å². The monoisotopic (exact) mass is 392 g/mol. The number of piperazine rings is 1. The lowest BCUT2D eigenvalue weighted by atomic mass is 10.1. The van der Waals surface area contributed by atoms with Crippen LogP contribution >= 0.6 is 0 Å². The zero-order chi connectivity index (χ0) is 20.2. The van der Waals surface area contributed by atoms with E-state index in [9.17, 15) is 14.4 Å². The maximum atomic E-state index is 12.5. The van der Waals surface area contributed by atoms with Gasteiger partial charge in [-0.1, -0.05) is 24.3 Å². The summed E-state index contributed by atoms with van der Waals surface area (Å²) in [6.45, 7) is 5.50. The molecular weight excluding hydrogens is 368 g/mol. The van der Waals surface area contributed by atoms with Gasteiger partial charge in [-0.2, -0.15) is 0 Å². The summed E-state index contributed by atoms with van der Waals surface area (Å²) in [5.41, 5.74) is 2.13. The highest BCUT2D eigenvalue weighted by Crippen LogP contribution is 2.24. The van der Waals surface area contributed by atoms with E-state index < -0.39 is 0 Å². The first-order chi connectivity index (χ1) is 14.1. The van der Waals surface area contributed by atoms with Gasteiger partial charge in [0.2, 0.25) is 0 Å². The quantitative estimate of drug-likeness (QED) is 0.720. The van der Waals surface area contributed by atoms with Crippen molar-refractivity contribution in [3.63, 3.8) is 0 Å². The van der Waals surface area contributed by atoms with E-state index in [-0.39, 0.29) is 24.3 Å². The number of hydrogen-bond acceptors (Lipinski definition) is 5. The molecule has 150 valence electrons.